The fourth-order valence-corrected chi connectivity index (χ4v) is 4.91. The van der Waals surface area contributed by atoms with E-state index in [2.05, 4.69) is 10.2 Å². The molecule has 1 atom stereocenters. The summed E-state index contributed by atoms with van der Waals surface area (Å²) in [6, 6.07) is 13.2. The van der Waals surface area contributed by atoms with Gasteiger partial charge in [-0.25, -0.2) is 0 Å². The van der Waals surface area contributed by atoms with Gasteiger partial charge in [-0.05, 0) is 68.8 Å². The molecule has 0 radical (unpaired) electrons. The number of hydrogen-bond acceptors (Lipinski definition) is 4. The van der Waals surface area contributed by atoms with Gasteiger partial charge in [-0.1, -0.05) is 23.7 Å². The van der Waals surface area contributed by atoms with E-state index in [9.17, 15) is 9.59 Å². The molecular formula is C23H26ClN3O2S. The van der Waals surface area contributed by atoms with Crippen molar-refractivity contribution in [2.45, 2.75) is 36.5 Å². The van der Waals surface area contributed by atoms with Crippen LogP contribution < -0.4 is 5.32 Å². The van der Waals surface area contributed by atoms with E-state index >= 15 is 0 Å². The van der Waals surface area contributed by atoms with E-state index in [1.165, 1.54) is 24.6 Å². The molecule has 1 unspecified atom stereocenters. The largest absolute Gasteiger partial charge is 0.333 e. The van der Waals surface area contributed by atoms with Crippen LogP contribution in [0.2, 0.25) is 5.02 Å². The van der Waals surface area contributed by atoms with E-state index in [-0.39, 0.29) is 17.1 Å². The Kier molecular flexibility index (Phi) is 6.66. The predicted molar refractivity (Wildman–Crippen MR) is 122 cm³/mol. The molecule has 0 saturated carbocycles. The van der Waals surface area contributed by atoms with E-state index < -0.39 is 0 Å². The number of benzene rings is 2. The van der Waals surface area contributed by atoms with Gasteiger partial charge in [-0.15, -0.1) is 11.8 Å². The van der Waals surface area contributed by atoms with Crippen LogP contribution in [0.5, 0.6) is 0 Å². The number of rotatable bonds is 6. The van der Waals surface area contributed by atoms with Gasteiger partial charge in [0.15, 0.2) is 0 Å². The summed E-state index contributed by atoms with van der Waals surface area (Å²) >= 11 is 7.54. The first-order valence-electron chi connectivity index (χ1n) is 10.4. The number of anilines is 1. The molecule has 158 valence electrons. The molecule has 2 heterocycles. The zero-order chi connectivity index (χ0) is 21.1. The molecule has 30 heavy (non-hydrogen) atoms. The Hall–Kier alpha value is -2.02. The van der Waals surface area contributed by atoms with Crippen molar-refractivity contribution in [1.29, 1.82) is 0 Å². The SMILES string of the molecule is CC1Sc2ccc(C(=O)N(CCN3CCCC3)Cc3ccc(Cl)cc3)cc2NC1=O. The lowest BCUT2D eigenvalue weighted by atomic mass is 10.1. The Morgan fingerprint density at radius 3 is 2.67 bits per heavy atom. The third kappa shape index (κ3) is 4.99. The minimum absolute atomic E-state index is 0.0233. The zero-order valence-electron chi connectivity index (χ0n) is 17.1. The fraction of sp³-hybridized carbons (Fsp3) is 0.391. The Labute approximate surface area is 186 Å². The van der Waals surface area contributed by atoms with Gasteiger partial charge in [0.25, 0.3) is 5.91 Å². The summed E-state index contributed by atoms with van der Waals surface area (Å²) in [5.41, 5.74) is 2.37. The second-order valence-electron chi connectivity index (χ2n) is 7.86. The van der Waals surface area contributed by atoms with Gasteiger partial charge in [-0.2, -0.15) is 0 Å². The number of halogens is 1. The van der Waals surface area contributed by atoms with Crippen molar-refractivity contribution in [1.82, 2.24) is 9.80 Å². The maximum atomic E-state index is 13.4. The predicted octanol–water partition coefficient (Wildman–Crippen LogP) is 4.51. The highest BCUT2D eigenvalue weighted by atomic mass is 35.5. The van der Waals surface area contributed by atoms with Gasteiger partial charge in [0.05, 0.1) is 10.9 Å². The summed E-state index contributed by atoms with van der Waals surface area (Å²) in [5, 5.41) is 3.48. The molecule has 2 aromatic rings. The van der Waals surface area contributed by atoms with Gasteiger partial charge in [0, 0.05) is 35.1 Å². The maximum absolute atomic E-state index is 13.4. The molecule has 0 spiro atoms. The standard InChI is InChI=1S/C23H26ClN3O2S/c1-16-22(28)25-20-14-18(6-9-21(20)30-16)23(29)27(13-12-26-10-2-3-11-26)15-17-4-7-19(24)8-5-17/h4-9,14,16H,2-3,10-13,15H2,1H3,(H,25,28). The number of nitrogens with zero attached hydrogens (tertiary/aromatic N) is 2. The van der Waals surface area contributed by atoms with Crippen molar-refractivity contribution < 1.29 is 9.59 Å². The highest BCUT2D eigenvalue weighted by molar-refractivity contribution is 8.00. The Morgan fingerprint density at radius 1 is 1.20 bits per heavy atom. The Bertz CT molecular complexity index is 929. The molecule has 7 heteroatoms. The third-order valence-electron chi connectivity index (χ3n) is 5.62. The van der Waals surface area contributed by atoms with Crippen molar-refractivity contribution in [3.8, 4) is 0 Å². The second kappa shape index (κ2) is 9.41. The van der Waals surface area contributed by atoms with E-state index in [1.54, 1.807) is 6.07 Å². The van der Waals surface area contributed by atoms with Crippen molar-refractivity contribution >= 4 is 40.9 Å². The van der Waals surface area contributed by atoms with Gasteiger partial charge >= 0.3 is 0 Å². The lowest BCUT2D eigenvalue weighted by Gasteiger charge is -2.27. The van der Waals surface area contributed by atoms with E-state index in [4.69, 9.17) is 11.6 Å². The first kappa shape index (κ1) is 21.2. The van der Waals surface area contributed by atoms with Crippen LogP contribution in [0.4, 0.5) is 5.69 Å². The van der Waals surface area contributed by atoms with Crippen LogP contribution in [-0.4, -0.2) is 53.0 Å². The maximum Gasteiger partial charge on any atom is 0.254 e. The number of fused-ring (bicyclic) bond motifs is 1. The molecule has 0 bridgehead atoms. The molecule has 2 aromatic carbocycles. The van der Waals surface area contributed by atoms with Gasteiger partial charge < -0.3 is 15.1 Å². The highest BCUT2D eigenvalue weighted by Gasteiger charge is 2.25. The van der Waals surface area contributed by atoms with Crippen LogP contribution in [-0.2, 0) is 11.3 Å². The molecule has 1 saturated heterocycles. The first-order valence-corrected chi connectivity index (χ1v) is 11.6. The van der Waals surface area contributed by atoms with Gasteiger partial charge in [0.2, 0.25) is 5.91 Å². The number of likely N-dealkylation sites (tertiary alicyclic amines) is 1. The van der Waals surface area contributed by atoms with Crippen molar-refractivity contribution in [2.24, 2.45) is 0 Å². The molecule has 1 fully saturated rings. The third-order valence-corrected chi connectivity index (χ3v) is 7.05. The molecule has 4 rings (SSSR count). The molecule has 2 aliphatic heterocycles. The van der Waals surface area contributed by atoms with Crippen LogP contribution in [0.25, 0.3) is 0 Å². The number of carbonyl (C=O) groups excluding carboxylic acids is 2. The van der Waals surface area contributed by atoms with Crippen LogP contribution >= 0.6 is 23.4 Å². The number of hydrogen-bond donors (Lipinski definition) is 1. The first-order chi connectivity index (χ1) is 14.5. The molecule has 2 amide bonds. The van der Waals surface area contributed by atoms with Crippen molar-refractivity contribution in [3.05, 3.63) is 58.6 Å². The van der Waals surface area contributed by atoms with E-state index in [1.807, 2.05) is 48.2 Å². The quantitative estimate of drug-likeness (QED) is 0.713. The van der Waals surface area contributed by atoms with Crippen LogP contribution in [0.1, 0.15) is 35.7 Å². The summed E-state index contributed by atoms with van der Waals surface area (Å²) in [4.78, 5) is 30.8. The fourth-order valence-electron chi connectivity index (χ4n) is 3.86. The van der Waals surface area contributed by atoms with Gasteiger partial charge in [0.1, 0.15) is 0 Å². The molecule has 0 aliphatic carbocycles. The smallest absolute Gasteiger partial charge is 0.254 e. The summed E-state index contributed by atoms with van der Waals surface area (Å²) < 4.78 is 0. The number of nitrogens with one attached hydrogen (secondary N) is 1. The lowest BCUT2D eigenvalue weighted by molar-refractivity contribution is -0.115. The van der Waals surface area contributed by atoms with Crippen molar-refractivity contribution in [2.75, 3.05) is 31.5 Å². The van der Waals surface area contributed by atoms with Gasteiger partial charge in [-0.3, -0.25) is 9.59 Å². The highest BCUT2D eigenvalue weighted by Crippen LogP contribution is 2.36. The second-order valence-corrected chi connectivity index (χ2v) is 9.68. The average Bonchev–Trinajstić information content (AvgIpc) is 3.26. The summed E-state index contributed by atoms with van der Waals surface area (Å²) in [6.45, 7) is 6.14. The van der Waals surface area contributed by atoms with E-state index in [0.717, 1.165) is 35.8 Å². The van der Waals surface area contributed by atoms with E-state index in [0.29, 0.717) is 23.7 Å². The van der Waals surface area contributed by atoms with Crippen LogP contribution in [0.3, 0.4) is 0 Å². The normalized spacial score (nSPS) is 18.7. The minimum Gasteiger partial charge on any atom is -0.333 e. The zero-order valence-corrected chi connectivity index (χ0v) is 18.6. The number of carbonyl (C=O) groups is 2. The lowest BCUT2D eigenvalue weighted by Crippen LogP contribution is -2.37. The molecular weight excluding hydrogens is 418 g/mol. The number of thioether (sulfide) groups is 1. The summed E-state index contributed by atoms with van der Waals surface area (Å²) in [7, 11) is 0. The molecule has 2 aliphatic rings. The minimum atomic E-state index is -0.124. The average molecular weight is 444 g/mol. The topological polar surface area (TPSA) is 52.7 Å². The Balaban J connectivity index is 1.54. The molecule has 0 aromatic heterocycles. The van der Waals surface area contributed by atoms with Crippen LogP contribution in [0, 0.1) is 0 Å². The summed E-state index contributed by atoms with van der Waals surface area (Å²) in [5.74, 6) is -0.0472. The molecule has 5 nitrogen and oxygen atoms in total. The van der Waals surface area contributed by atoms with Crippen molar-refractivity contribution in [3.63, 3.8) is 0 Å². The molecule has 1 N–H and O–H groups in total. The van der Waals surface area contributed by atoms with Crippen LogP contribution in [0.15, 0.2) is 47.4 Å². The Morgan fingerprint density at radius 2 is 1.93 bits per heavy atom. The summed E-state index contributed by atoms with van der Waals surface area (Å²) in [6.07, 6.45) is 2.46. The number of amides is 2. The monoisotopic (exact) mass is 443 g/mol.